The van der Waals surface area contributed by atoms with Crippen LogP contribution in [-0.2, 0) is 0 Å². The third kappa shape index (κ3) is 8.61. The first-order valence-electron chi connectivity index (χ1n) is 24.3. The average molecular weight is 981 g/mol. The minimum atomic E-state index is 0.617. The zero-order valence-corrected chi connectivity index (χ0v) is 41.1. The summed E-state index contributed by atoms with van der Waals surface area (Å²) in [4.78, 5) is 8.96. The molecule has 0 radical (unpaired) electrons. The molecule has 0 atom stereocenters. The van der Waals surface area contributed by atoms with Gasteiger partial charge in [-0.05, 0) is 133 Å². The van der Waals surface area contributed by atoms with E-state index in [1.807, 2.05) is 36.4 Å². The quantitative estimate of drug-likeness (QED) is 0.114. The number of halogens is 2. The van der Waals surface area contributed by atoms with E-state index >= 15 is 0 Å². The van der Waals surface area contributed by atoms with Crippen LogP contribution in [0.1, 0.15) is 0 Å². The van der Waals surface area contributed by atoms with Gasteiger partial charge in [-0.1, -0.05) is 175 Å². The van der Waals surface area contributed by atoms with Crippen molar-refractivity contribution in [2.24, 2.45) is 0 Å². The Morgan fingerprint density at radius 3 is 0.753 bits per heavy atom. The summed E-state index contributed by atoms with van der Waals surface area (Å²) < 4.78 is 2.37. The Labute approximate surface area is 435 Å². The van der Waals surface area contributed by atoms with Gasteiger partial charge in [0.15, 0.2) is 0 Å². The number of rotatable bonds is 13. The predicted octanol–water partition coefficient (Wildman–Crippen LogP) is 20.0. The standard InChI is InChI=1S/C66H47Cl2N5/c67-65-59(69(48-24-8-1-9-25-48)49-26-10-2-11-27-49)38-22-40-61(65)71(52-32-16-5-17-33-52)55-42-44-57-58-45-43-56(47-64(58)73(63(57)46-55)54-36-20-7-21-37-54)72(53-34-18-6-19-35-53)62-41-23-39-60(66(62)68)70(50-28-12-3-13-29-50)51-30-14-4-15-31-51/h1-47H. The molecule has 11 aromatic carbocycles. The molecular weight excluding hydrogens is 934 g/mol. The van der Waals surface area contributed by atoms with Crippen LogP contribution < -0.4 is 19.6 Å². The highest BCUT2D eigenvalue weighted by Gasteiger charge is 2.26. The summed E-state index contributed by atoms with van der Waals surface area (Å²) in [5.74, 6) is 0. The Morgan fingerprint density at radius 2 is 0.479 bits per heavy atom. The predicted molar refractivity (Wildman–Crippen MR) is 310 cm³/mol. The first-order valence-corrected chi connectivity index (χ1v) is 25.1. The van der Waals surface area contributed by atoms with Crippen molar-refractivity contribution in [3.63, 3.8) is 0 Å². The van der Waals surface area contributed by atoms with E-state index in [0.717, 1.165) is 95.7 Å². The molecule has 12 aromatic rings. The van der Waals surface area contributed by atoms with Crippen molar-refractivity contribution in [1.82, 2.24) is 4.57 Å². The molecule has 0 fully saturated rings. The number of nitrogens with zero attached hydrogens (tertiary/aromatic N) is 5. The first-order chi connectivity index (χ1) is 36.1. The van der Waals surface area contributed by atoms with Crippen molar-refractivity contribution < 1.29 is 0 Å². The number of hydrogen-bond donors (Lipinski definition) is 0. The zero-order chi connectivity index (χ0) is 49.1. The highest BCUT2D eigenvalue weighted by molar-refractivity contribution is 6.37. The Bertz CT molecular complexity index is 3510. The molecule has 5 nitrogen and oxygen atoms in total. The van der Waals surface area contributed by atoms with E-state index in [-0.39, 0.29) is 0 Å². The Kier molecular flexibility index (Phi) is 12.4. The smallest absolute Gasteiger partial charge is 0.0887 e. The second kappa shape index (κ2) is 20.0. The molecule has 0 saturated carbocycles. The van der Waals surface area contributed by atoms with Crippen LogP contribution in [0, 0.1) is 0 Å². The minimum absolute atomic E-state index is 0.617. The van der Waals surface area contributed by atoms with Gasteiger partial charge in [0.2, 0.25) is 0 Å². The van der Waals surface area contributed by atoms with E-state index in [4.69, 9.17) is 23.2 Å². The van der Waals surface area contributed by atoms with Gasteiger partial charge in [0.25, 0.3) is 0 Å². The van der Waals surface area contributed by atoms with E-state index in [1.165, 1.54) is 0 Å². The van der Waals surface area contributed by atoms with Crippen molar-refractivity contribution in [3.8, 4) is 5.69 Å². The number of anilines is 12. The molecule has 0 aliphatic rings. The van der Waals surface area contributed by atoms with Crippen LogP contribution >= 0.6 is 23.2 Å². The number of fused-ring (bicyclic) bond motifs is 3. The van der Waals surface area contributed by atoms with Crippen LogP contribution in [0.15, 0.2) is 285 Å². The normalized spacial score (nSPS) is 11.2. The molecule has 7 heteroatoms. The second-order valence-corrected chi connectivity index (χ2v) is 18.4. The summed E-state index contributed by atoms with van der Waals surface area (Å²) in [6.45, 7) is 0. The molecular formula is C66H47Cl2N5. The topological polar surface area (TPSA) is 17.9 Å². The maximum atomic E-state index is 7.75. The Hall–Kier alpha value is -9.00. The third-order valence-electron chi connectivity index (χ3n) is 13.2. The molecule has 0 bridgehead atoms. The van der Waals surface area contributed by atoms with E-state index < -0.39 is 0 Å². The van der Waals surface area contributed by atoms with Gasteiger partial charge in [-0.25, -0.2) is 0 Å². The lowest BCUT2D eigenvalue weighted by molar-refractivity contribution is 1.17. The first kappa shape index (κ1) is 45.2. The summed E-state index contributed by atoms with van der Waals surface area (Å²) in [5.41, 5.74) is 14.5. The van der Waals surface area contributed by atoms with Crippen LogP contribution in [0.25, 0.3) is 27.5 Å². The summed E-state index contributed by atoms with van der Waals surface area (Å²) in [6, 6.07) is 99.1. The van der Waals surface area contributed by atoms with E-state index in [1.54, 1.807) is 0 Å². The lowest BCUT2D eigenvalue weighted by atomic mass is 10.1. The highest BCUT2D eigenvalue weighted by atomic mass is 35.5. The maximum absolute atomic E-state index is 7.75. The average Bonchev–Trinajstić information content (AvgIpc) is 3.78. The maximum Gasteiger partial charge on any atom is 0.0887 e. The molecule has 0 spiro atoms. The van der Waals surface area contributed by atoms with Crippen LogP contribution in [0.5, 0.6) is 0 Å². The van der Waals surface area contributed by atoms with Crippen LogP contribution in [-0.4, -0.2) is 4.57 Å². The van der Waals surface area contributed by atoms with Gasteiger partial charge >= 0.3 is 0 Å². The molecule has 0 amide bonds. The lowest BCUT2D eigenvalue weighted by Gasteiger charge is -2.31. The molecule has 0 aliphatic carbocycles. The highest BCUT2D eigenvalue weighted by Crippen LogP contribution is 2.50. The van der Waals surface area contributed by atoms with Gasteiger partial charge in [-0.3, -0.25) is 0 Å². The summed E-state index contributed by atoms with van der Waals surface area (Å²) >= 11 is 15.5. The molecule has 12 rings (SSSR count). The van der Waals surface area contributed by atoms with Gasteiger partial charge in [-0.2, -0.15) is 0 Å². The monoisotopic (exact) mass is 979 g/mol. The molecule has 0 unspecified atom stereocenters. The fraction of sp³-hybridized carbons (Fsp3) is 0. The molecule has 0 N–H and O–H groups in total. The molecule has 0 aliphatic heterocycles. The summed E-state index contributed by atoms with van der Waals surface area (Å²) in [7, 11) is 0. The minimum Gasteiger partial charge on any atom is -0.309 e. The van der Waals surface area contributed by atoms with Gasteiger partial charge in [-0.15, -0.1) is 0 Å². The largest absolute Gasteiger partial charge is 0.309 e. The molecule has 0 saturated heterocycles. The second-order valence-electron chi connectivity index (χ2n) is 17.6. The van der Waals surface area contributed by atoms with Crippen LogP contribution in [0.2, 0.25) is 10.0 Å². The fourth-order valence-electron chi connectivity index (χ4n) is 10.0. The Balaban J connectivity index is 1.04. The summed E-state index contributed by atoms with van der Waals surface area (Å²) in [6.07, 6.45) is 0. The van der Waals surface area contributed by atoms with E-state index in [9.17, 15) is 0 Å². The van der Waals surface area contributed by atoms with Crippen molar-refractivity contribution >= 4 is 113 Å². The number of hydrogen-bond acceptors (Lipinski definition) is 4. The number of para-hydroxylation sites is 7. The zero-order valence-electron chi connectivity index (χ0n) is 39.6. The van der Waals surface area contributed by atoms with Crippen LogP contribution in [0.4, 0.5) is 68.2 Å². The van der Waals surface area contributed by atoms with Gasteiger partial charge in [0.1, 0.15) is 0 Å². The summed E-state index contributed by atoms with van der Waals surface area (Å²) in [5, 5.41) is 3.47. The van der Waals surface area contributed by atoms with Gasteiger partial charge in [0, 0.05) is 62.0 Å². The molecule has 1 heterocycles. The Morgan fingerprint density at radius 1 is 0.233 bits per heavy atom. The van der Waals surface area contributed by atoms with Gasteiger partial charge < -0.3 is 24.2 Å². The van der Waals surface area contributed by atoms with Crippen molar-refractivity contribution in [2.45, 2.75) is 0 Å². The van der Waals surface area contributed by atoms with Crippen molar-refractivity contribution in [2.75, 3.05) is 19.6 Å². The molecule has 73 heavy (non-hydrogen) atoms. The van der Waals surface area contributed by atoms with Crippen LogP contribution in [0.3, 0.4) is 0 Å². The third-order valence-corrected chi connectivity index (χ3v) is 14.0. The molecule has 350 valence electrons. The number of aromatic nitrogens is 1. The van der Waals surface area contributed by atoms with Gasteiger partial charge in [0.05, 0.1) is 43.8 Å². The molecule has 1 aromatic heterocycles. The lowest BCUT2D eigenvalue weighted by Crippen LogP contribution is -2.14. The fourth-order valence-corrected chi connectivity index (χ4v) is 10.6. The number of benzene rings is 11. The van der Waals surface area contributed by atoms with E-state index in [0.29, 0.717) is 10.0 Å². The SMILES string of the molecule is Clc1c(N(c2ccccc2)c2ccccc2)cccc1N(c1ccccc1)c1ccc2c3ccc(N(c4ccccc4)c4cccc(N(c5ccccc5)c5ccccc5)c4Cl)cc3n(-c3ccccc3)c2c1. The van der Waals surface area contributed by atoms with Crippen molar-refractivity contribution in [1.29, 1.82) is 0 Å². The van der Waals surface area contributed by atoms with E-state index in [2.05, 4.69) is 273 Å². The van der Waals surface area contributed by atoms with Crippen molar-refractivity contribution in [3.05, 3.63) is 295 Å².